The van der Waals surface area contributed by atoms with Crippen LogP contribution in [0.4, 0.5) is 0 Å². The maximum atomic E-state index is 12.5. The Balaban J connectivity index is 2.53. The van der Waals surface area contributed by atoms with Gasteiger partial charge in [0.25, 0.3) is 5.56 Å². The second-order valence-corrected chi connectivity index (χ2v) is 6.24. The monoisotopic (exact) mass is 355 g/mol. The van der Waals surface area contributed by atoms with Crippen molar-refractivity contribution in [3.05, 3.63) is 40.3 Å². The average Bonchev–Trinajstić information content (AvgIpc) is 2.57. The molecule has 0 aliphatic heterocycles. The quantitative estimate of drug-likeness (QED) is 0.783. The van der Waals surface area contributed by atoms with Crippen molar-refractivity contribution in [3.8, 4) is 23.0 Å². The third-order valence-corrected chi connectivity index (χ3v) is 4.50. The molecule has 0 aliphatic carbocycles. The number of ether oxygens (including phenoxy) is 3. The number of hydrogen-bond acceptors (Lipinski definition) is 7. The van der Waals surface area contributed by atoms with Crippen LogP contribution in [0.5, 0.6) is 23.0 Å². The Labute approximate surface area is 139 Å². The fourth-order valence-corrected chi connectivity index (χ4v) is 3.01. The maximum Gasteiger partial charge on any atom is 0.339 e. The number of hydrogen-bond donors (Lipinski definition) is 1. The molecule has 0 bridgehead atoms. The van der Waals surface area contributed by atoms with Gasteiger partial charge in [-0.15, -0.1) is 0 Å². The second kappa shape index (κ2) is 6.83. The first-order valence-corrected chi connectivity index (χ1v) is 8.17. The zero-order valence-electron chi connectivity index (χ0n) is 13.6. The molecule has 1 aromatic carbocycles. The number of aromatic nitrogens is 1. The van der Waals surface area contributed by atoms with Gasteiger partial charge in [-0.3, -0.25) is 4.79 Å². The number of aromatic amines is 1. The zero-order chi connectivity index (χ0) is 17.9. The normalized spacial score (nSPS) is 11.0. The fourth-order valence-electron chi connectivity index (χ4n) is 2.00. The van der Waals surface area contributed by atoms with E-state index in [-0.39, 0.29) is 33.5 Å². The smallest absolute Gasteiger partial charge is 0.339 e. The first kappa shape index (κ1) is 17.7. The summed E-state index contributed by atoms with van der Waals surface area (Å²) in [4.78, 5) is 13.8. The molecule has 0 saturated heterocycles. The van der Waals surface area contributed by atoms with Gasteiger partial charge in [-0.05, 0) is 13.0 Å². The van der Waals surface area contributed by atoms with E-state index in [0.29, 0.717) is 0 Å². The molecule has 9 heteroatoms. The highest BCUT2D eigenvalue weighted by molar-refractivity contribution is 7.87. The minimum atomic E-state index is -4.21. The minimum Gasteiger partial charge on any atom is -0.493 e. The Bertz CT molecular complexity index is 877. The van der Waals surface area contributed by atoms with Crippen LogP contribution in [0.3, 0.4) is 0 Å². The molecule has 0 unspecified atom stereocenters. The third-order valence-electron chi connectivity index (χ3n) is 3.29. The molecule has 0 amide bonds. The van der Waals surface area contributed by atoms with E-state index in [1.165, 1.54) is 52.6 Å². The van der Waals surface area contributed by atoms with Gasteiger partial charge in [-0.1, -0.05) is 0 Å². The van der Waals surface area contributed by atoms with Crippen molar-refractivity contribution in [1.29, 1.82) is 0 Å². The first-order chi connectivity index (χ1) is 11.3. The van der Waals surface area contributed by atoms with E-state index in [0.717, 1.165) is 0 Å². The van der Waals surface area contributed by atoms with E-state index in [2.05, 4.69) is 4.98 Å². The summed E-state index contributed by atoms with van der Waals surface area (Å²) < 4.78 is 45.5. The molecule has 2 aromatic rings. The second-order valence-electron chi connectivity index (χ2n) is 4.69. The molecule has 0 aliphatic rings. The number of rotatable bonds is 6. The van der Waals surface area contributed by atoms with Crippen molar-refractivity contribution in [3.63, 3.8) is 0 Å². The molecular weight excluding hydrogens is 338 g/mol. The molecule has 2 rings (SSSR count). The number of benzene rings is 1. The topological polar surface area (TPSA) is 104 Å². The summed E-state index contributed by atoms with van der Waals surface area (Å²) in [6, 6.07) is 3.85. The van der Waals surface area contributed by atoms with Crippen LogP contribution in [0.25, 0.3) is 0 Å². The van der Waals surface area contributed by atoms with Crippen LogP contribution in [0, 0.1) is 6.92 Å². The van der Waals surface area contributed by atoms with E-state index >= 15 is 0 Å². The van der Waals surface area contributed by atoms with Crippen LogP contribution in [0.15, 0.2) is 34.1 Å². The molecule has 24 heavy (non-hydrogen) atoms. The van der Waals surface area contributed by atoms with Crippen molar-refractivity contribution in [2.45, 2.75) is 11.8 Å². The number of pyridine rings is 1. The van der Waals surface area contributed by atoms with Crippen LogP contribution in [0.2, 0.25) is 0 Å². The molecule has 1 heterocycles. The molecular formula is C15H17NO7S. The highest BCUT2D eigenvalue weighted by Crippen LogP contribution is 2.39. The van der Waals surface area contributed by atoms with Crippen molar-refractivity contribution >= 4 is 10.1 Å². The van der Waals surface area contributed by atoms with Crippen molar-refractivity contribution in [1.82, 2.24) is 4.98 Å². The van der Waals surface area contributed by atoms with Crippen molar-refractivity contribution < 1.29 is 26.8 Å². The molecule has 0 radical (unpaired) electrons. The highest BCUT2D eigenvalue weighted by Gasteiger charge is 2.24. The first-order valence-electron chi connectivity index (χ1n) is 6.76. The van der Waals surface area contributed by atoms with E-state index in [1.807, 2.05) is 0 Å². The summed E-state index contributed by atoms with van der Waals surface area (Å²) >= 11 is 0. The summed E-state index contributed by atoms with van der Waals surface area (Å²) in [6.45, 7) is 1.46. The Morgan fingerprint density at radius 3 is 2.04 bits per heavy atom. The average molecular weight is 355 g/mol. The minimum absolute atomic E-state index is 0.0625. The number of H-pyrrole nitrogens is 1. The lowest BCUT2D eigenvalue weighted by Gasteiger charge is -2.14. The summed E-state index contributed by atoms with van der Waals surface area (Å²) in [5.74, 6) is 0.530. The van der Waals surface area contributed by atoms with Gasteiger partial charge in [0.1, 0.15) is 4.90 Å². The van der Waals surface area contributed by atoms with Crippen LogP contribution >= 0.6 is 0 Å². The standard InChI is InChI=1S/C15H17NO7S/c1-9-11(5-6-16-15(9)17)23-24(18,19)10-7-12(20-2)14(22-4)13(8-10)21-3/h5-8H,1-4H3,(H,16,17). The van der Waals surface area contributed by atoms with Gasteiger partial charge in [0, 0.05) is 18.3 Å². The lowest BCUT2D eigenvalue weighted by atomic mass is 10.3. The Kier molecular flexibility index (Phi) is 5.03. The van der Waals surface area contributed by atoms with E-state index in [9.17, 15) is 13.2 Å². The van der Waals surface area contributed by atoms with Crippen LogP contribution in [-0.4, -0.2) is 34.7 Å². The predicted octanol–water partition coefficient (Wildman–Crippen LogP) is 1.48. The van der Waals surface area contributed by atoms with Gasteiger partial charge in [0.05, 0.1) is 26.9 Å². The SMILES string of the molecule is COc1cc(S(=O)(=O)Oc2cc[nH]c(=O)c2C)cc(OC)c1OC. The van der Waals surface area contributed by atoms with Crippen LogP contribution in [0.1, 0.15) is 5.56 Å². The largest absolute Gasteiger partial charge is 0.493 e. The van der Waals surface area contributed by atoms with Crippen molar-refractivity contribution in [2.75, 3.05) is 21.3 Å². The molecule has 1 N–H and O–H groups in total. The maximum absolute atomic E-state index is 12.5. The van der Waals surface area contributed by atoms with Gasteiger partial charge in [-0.25, -0.2) is 0 Å². The fraction of sp³-hybridized carbons (Fsp3) is 0.267. The zero-order valence-corrected chi connectivity index (χ0v) is 14.4. The van der Waals surface area contributed by atoms with Crippen LogP contribution < -0.4 is 24.0 Å². The lowest BCUT2D eigenvalue weighted by Crippen LogP contribution is -2.15. The molecule has 0 saturated carbocycles. The highest BCUT2D eigenvalue weighted by atomic mass is 32.2. The molecule has 8 nitrogen and oxygen atoms in total. The summed E-state index contributed by atoms with van der Waals surface area (Å²) in [5, 5.41) is 0. The summed E-state index contributed by atoms with van der Waals surface area (Å²) in [7, 11) is -0.0628. The Hall–Kier alpha value is -2.68. The molecule has 0 spiro atoms. The number of nitrogens with one attached hydrogen (secondary N) is 1. The van der Waals surface area contributed by atoms with Gasteiger partial charge in [0.15, 0.2) is 17.2 Å². The third kappa shape index (κ3) is 3.30. The molecule has 0 fully saturated rings. The van der Waals surface area contributed by atoms with E-state index in [4.69, 9.17) is 18.4 Å². The van der Waals surface area contributed by atoms with E-state index < -0.39 is 15.7 Å². The molecule has 1 aromatic heterocycles. The van der Waals surface area contributed by atoms with Gasteiger partial charge in [-0.2, -0.15) is 8.42 Å². The van der Waals surface area contributed by atoms with Gasteiger partial charge in [0.2, 0.25) is 5.75 Å². The van der Waals surface area contributed by atoms with Gasteiger partial charge >= 0.3 is 10.1 Å². The van der Waals surface area contributed by atoms with E-state index in [1.54, 1.807) is 0 Å². The predicted molar refractivity (Wildman–Crippen MR) is 85.7 cm³/mol. The Morgan fingerprint density at radius 2 is 1.54 bits per heavy atom. The molecule has 0 atom stereocenters. The number of methoxy groups -OCH3 is 3. The summed E-state index contributed by atoms with van der Waals surface area (Å²) in [5.41, 5.74) is -0.291. The molecule has 130 valence electrons. The Morgan fingerprint density at radius 1 is 0.958 bits per heavy atom. The van der Waals surface area contributed by atoms with Crippen molar-refractivity contribution in [2.24, 2.45) is 0 Å². The lowest BCUT2D eigenvalue weighted by molar-refractivity contribution is 0.322. The summed E-state index contributed by atoms with van der Waals surface area (Å²) in [6.07, 6.45) is 1.30. The van der Waals surface area contributed by atoms with Gasteiger partial charge < -0.3 is 23.4 Å². The van der Waals surface area contributed by atoms with Crippen LogP contribution in [-0.2, 0) is 10.1 Å².